The summed E-state index contributed by atoms with van der Waals surface area (Å²) in [4.78, 5) is 0. The lowest BCUT2D eigenvalue weighted by Gasteiger charge is -2.23. The molecule has 1 N–H and O–H groups in total. The lowest BCUT2D eigenvalue weighted by molar-refractivity contribution is 0.0495. The van der Waals surface area contributed by atoms with Gasteiger partial charge in [-0.05, 0) is 44.1 Å². The van der Waals surface area contributed by atoms with Crippen molar-refractivity contribution in [2.24, 2.45) is 5.92 Å². The van der Waals surface area contributed by atoms with Crippen LogP contribution in [-0.2, 0) is 11.3 Å². The molecule has 0 bridgehead atoms. The van der Waals surface area contributed by atoms with Crippen LogP contribution < -0.4 is 10.1 Å². The Morgan fingerprint density at radius 1 is 1.20 bits per heavy atom. The molecule has 0 aromatic heterocycles. The van der Waals surface area contributed by atoms with E-state index < -0.39 is 0 Å². The maximum absolute atomic E-state index is 6.16. The van der Waals surface area contributed by atoms with Gasteiger partial charge in [-0.3, -0.25) is 0 Å². The van der Waals surface area contributed by atoms with Crippen LogP contribution in [0.2, 0.25) is 0 Å². The molecule has 1 saturated heterocycles. The highest BCUT2D eigenvalue weighted by Gasteiger charge is 2.21. The fourth-order valence-corrected chi connectivity index (χ4v) is 2.71. The Morgan fingerprint density at radius 3 is 2.75 bits per heavy atom. The van der Waals surface area contributed by atoms with Gasteiger partial charge < -0.3 is 14.8 Å². The van der Waals surface area contributed by atoms with Crippen molar-refractivity contribution in [2.75, 3.05) is 19.8 Å². The molecule has 3 rings (SSSR count). The van der Waals surface area contributed by atoms with E-state index in [2.05, 4.69) is 30.4 Å². The summed E-state index contributed by atoms with van der Waals surface area (Å²) >= 11 is 0. The molecule has 110 valence electrons. The number of para-hydroxylation sites is 1. The molecule has 0 amide bonds. The summed E-state index contributed by atoms with van der Waals surface area (Å²) < 4.78 is 11.6. The van der Waals surface area contributed by atoms with Crippen molar-refractivity contribution >= 4 is 0 Å². The lowest BCUT2D eigenvalue weighted by Crippen LogP contribution is -2.22. The number of aryl methyl sites for hydroxylation is 1. The summed E-state index contributed by atoms with van der Waals surface area (Å²) in [5.74, 6) is 1.74. The highest BCUT2D eigenvalue weighted by Crippen LogP contribution is 2.27. The predicted molar refractivity (Wildman–Crippen MR) is 80.1 cm³/mol. The first-order chi connectivity index (χ1) is 9.83. The highest BCUT2D eigenvalue weighted by atomic mass is 16.5. The third-order valence-corrected chi connectivity index (χ3v) is 4.26. The minimum atomic E-state index is 0.646. The first-order valence-electron chi connectivity index (χ1n) is 7.85. The standard InChI is InChI=1S/C17H25NO2/c1-13-3-2-4-15(11-18-16-5-6-16)17(13)20-12-14-7-9-19-10-8-14/h2-4,14,16,18H,5-12H2,1H3. The SMILES string of the molecule is Cc1cccc(CNC2CC2)c1OCC1CCOCC1. The van der Waals surface area contributed by atoms with E-state index in [9.17, 15) is 0 Å². The molecule has 2 aliphatic rings. The van der Waals surface area contributed by atoms with Gasteiger partial charge >= 0.3 is 0 Å². The fraction of sp³-hybridized carbons (Fsp3) is 0.647. The molecule has 1 aliphatic carbocycles. The molecule has 1 aromatic carbocycles. The molecule has 3 heteroatoms. The zero-order valence-corrected chi connectivity index (χ0v) is 12.4. The summed E-state index contributed by atoms with van der Waals surface area (Å²) in [6, 6.07) is 7.18. The van der Waals surface area contributed by atoms with E-state index in [-0.39, 0.29) is 0 Å². The van der Waals surface area contributed by atoms with Gasteiger partial charge in [-0.25, -0.2) is 0 Å². The molecule has 0 atom stereocenters. The lowest BCUT2D eigenvalue weighted by atomic mass is 10.0. The molecule has 0 radical (unpaired) electrons. The number of nitrogens with one attached hydrogen (secondary N) is 1. The molecule has 1 saturated carbocycles. The zero-order valence-electron chi connectivity index (χ0n) is 12.4. The van der Waals surface area contributed by atoms with Crippen LogP contribution in [0.4, 0.5) is 0 Å². The largest absolute Gasteiger partial charge is 0.493 e. The van der Waals surface area contributed by atoms with Crippen LogP contribution in [0.1, 0.15) is 36.8 Å². The molecule has 0 unspecified atom stereocenters. The normalized spacial score (nSPS) is 20.1. The first kappa shape index (κ1) is 13.9. The Hall–Kier alpha value is -1.06. The van der Waals surface area contributed by atoms with Gasteiger partial charge in [0.2, 0.25) is 0 Å². The van der Waals surface area contributed by atoms with Crippen molar-refractivity contribution in [3.05, 3.63) is 29.3 Å². The summed E-state index contributed by atoms with van der Waals surface area (Å²) in [5, 5.41) is 3.58. The topological polar surface area (TPSA) is 30.5 Å². The number of hydrogen-bond donors (Lipinski definition) is 1. The Labute approximate surface area is 121 Å². The van der Waals surface area contributed by atoms with Gasteiger partial charge in [0, 0.05) is 31.4 Å². The van der Waals surface area contributed by atoms with Crippen LogP contribution in [0.5, 0.6) is 5.75 Å². The second-order valence-electron chi connectivity index (χ2n) is 6.09. The quantitative estimate of drug-likeness (QED) is 0.865. The van der Waals surface area contributed by atoms with Gasteiger partial charge in [-0.1, -0.05) is 18.2 Å². The maximum Gasteiger partial charge on any atom is 0.126 e. The number of rotatable bonds is 6. The van der Waals surface area contributed by atoms with Crippen LogP contribution in [0.15, 0.2) is 18.2 Å². The third-order valence-electron chi connectivity index (χ3n) is 4.26. The molecule has 1 heterocycles. The average Bonchev–Trinajstić information content (AvgIpc) is 3.29. The summed E-state index contributed by atoms with van der Waals surface area (Å²) in [7, 11) is 0. The first-order valence-corrected chi connectivity index (χ1v) is 7.85. The van der Waals surface area contributed by atoms with Crippen LogP contribution in [-0.4, -0.2) is 25.9 Å². The van der Waals surface area contributed by atoms with Gasteiger partial charge in [0.05, 0.1) is 6.61 Å². The number of benzene rings is 1. The van der Waals surface area contributed by atoms with Gasteiger partial charge in [0.15, 0.2) is 0 Å². The van der Waals surface area contributed by atoms with E-state index in [1.54, 1.807) is 0 Å². The van der Waals surface area contributed by atoms with Crippen molar-refractivity contribution in [1.29, 1.82) is 0 Å². The third kappa shape index (κ3) is 3.74. The molecular weight excluding hydrogens is 250 g/mol. The van der Waals surface area contributed by atoms with Gasteiger partial charge in [0.25, 0.3) is 0 Å². The van der Waals surface area contributed by atoms with Crippen LogP contribution >= 0.6 is 0 Å². The van der Waals surface area contributed by atoms with Gasteiger partial charge in [0.1, 0.15) is 5.75 Å². The summed E-state index contributed by atoms with van der Waals surface area (Å²) in [5.41, 5.74) is 2.54. The number of hydrogen-bond acceptors (Lipinski definition) is 3. The molecule has 3 nitrogen and oxygen atoms in total. The minimum absolute atomic E-state index is 0.646. The predicted octanol–water partition coefficient (Wildman–Crippen LogP) is 3.05. The van der Waals surface area contributed by atoms with Crippen LogP contribution in [0, 0.1) is 12.8 Å². The monoisotopic (exact) mass is 275 g/mol. The summed E-state index contributed by atoms with van der Waals surface area (Å²) in [6.45, 7) is 5.66. The van der Waals surface area contributed by atoms with E-state index in [1.165, 1.54) is 24.0 Å². The van der Waals surface area contributed by atoms with Crippen molar-refractivity contribution < 1.29 is 9.47 Å². The van der Waals surface area contributed by atoms with Crippen molar-refractivity contribution in [3.8, 4) is 5.75 Å². The fourth-order valence-electron chi connectivity index (χ4n) is 2.71. The Kier molecular flexibility index (Phi) is 4.58. The number of ether oxygens (including phenoxy) is 2. The van der Waals surface area contributed by atoms with E-state index in [0.29, 0.717) is 5.92 Å². The Bertz CT molecular complexity index is 437. The van der Waals surface area contributed by atoms with E-state index in [0.717, 1.165) is 51.0 Å². The van der Waals surface area contributed by atoms with Crippen LogP contribution in [0.3, 0.4) is 0 Å². The zero-order chi connectivity index (χ0) is 13.8. The Morgan fingerprint density at radius 2 is 2.00 bits per heavy atom. The van der Waals surface area contributed by atoms with Crippen molar-refractivity contribution in [3.63, 3.8) is 0 Å². The van der Waals surface area contributed by atoms with E-state index in [1.807, 2.05) is 0 Å². The maximum atomic E-state index is 6.16. The molecule has 1 aromatic rings. The second kappa shape index (κ2) is 6.59. The molecule has 1 aliphatic heterocycles. The smallest absolute Gasteiger partial charge is 0.126 e. The second-order valence-corrected chi connectivity index (χ2v) is 6.09. The highest BCUT2D eigenvalue weighted by molar-refractivity contribution is 5.40. The van der Waals surface area contributed by atoms with E-state index in [4.69, 9.17) is 9.47 Å². The molecule has 20 heavy (non-hydrogen) atoms. The molecular formula is C17H25NO2. The van der Waals surface area contributed by atoms with Gasteiger partial charge in [-0.15, -0.1) is 0 Å². The van der Waals surface area contributed by atoms with Crippen LogP contribution in [0.25, 0.3) is 0 Å². The molecule has 2 fully saturated rings. The Balaban J connectivity index is 1.60. The average molecular weight is 275 g/mol. The van der Waals surface area contributed by atoms with Crippen molar-refractivity contribution in [2.45, 2.75) is 45.2 Å². The van der Waals surface area contributed by atoms with E-state index >= 15 is 0 Å². The minimum Gasteiger partial charge on any atom is -0.493 e. The van der Waals surface area contributed by atoms with Crippen molar-refractivity contribution in [1.82, 2.24) is 5.32 Å². The summed E-state index contributed by atoms with van der Waals surface area (Å²) in [6.07, 6.45) is 4.90. The van der Waals surface area contributed by atoms with Gasteiger partial charge in [-0.2, -0.15) is 0 Å². The molecule has 0 spiro atoms.